The fraction of sp³-hybridized carbons (Fsp3) is 0.261. The van der Waals surface area contributed by atoms with Crippen LogP contribution in [0.2, 0.25) is 0 Å². The molecule has 1 aromatic carbocycles. The van der Waals surface area contributed by atoms with Crippen molar-refractivity contribution in [1.82, 2.24) is 25.1 Å². The molecule has 30 heavy (non-hydrogen) atoms. The van der Waals surface area contributed by atoms with Crippen molar-refractivity contribution in [3.63, 3.8) is 0 Å². The van der Waals surface area contributed by atoms with Gasteiger partial charge in [0.15, 0.2) is 0 Å². The van der Waals surface area contributed by atoms with Crippen LogP contribution in [-0.4, -0.2) is 44.2 Å². The van der Waals surface area contributed by atoms with Gasteiger partial charge in [-0.2, -0.15) is 10.4 Å². The van der Waals surface area contributed by atoms with E-state index in [1.54, 1.807) is 0 Å². The Balaban J connectivity index is 1.30. The van der Waals surface area contributed by atoms with Crippen LogP contribution >= 0.6 is 0 Å². The molecule has 0 unspecified atom stereocenters. The molecule has 0 atom stereocenters. The van der Waals surface area contributed by atoms with E-state index in [0.29, 0.717) is 6.04 Å². The van der Waals surface area contributed by atoms with Crippen LogP contribution in [0.25, 0.3) is 22.2 Å². The summed E-state index contributed by atoms with van der Waals surface area (Å²) in [5, 5.41) is 21.0. The minimum atomic E-state index is 0.401. The van der Waals surface area contributed by atoms with Crippen molar-refractivity contribution in [3.05, 3.63) is 66.2 Å². The standard InChI is InChI=1S/C23H23N7/c24-11-16-2-1-3-17(10-16)15-30-8-5-19(6-9-30)29-22-20-4-7-25-23(20)26-14-21(22)18-12-27-28-13-18/h1-4,7,10,12-14,19H,5-6,8-9,15H2,(H,27,28)(H2,25,26,29). The number of hydrogen-bond donors (Lipinski definition) is 3. The lowest BCUT2D eigenvalue weighted by Gasteiger charge is -2.33. The zero-order chi connectivity index (χ0) is 20.3. The highest BCUT2D eigenvalue weighted by molar-refractivity contribution is 5.98. The summed E-state index contributed by atoms with van der Waals surface area (Å²) in [5.74, 6) is 0. The normalized spacial score (nSPS) is 15.3. The second kappa shape index (κ2) is 8.01. The Bertz CT molecular complexity index is 1180. The highest BCUT2D eigenvalue weighted by Crippen LogP contribution is 2.34. The largest absolute Gasteiger partial charge is 0.381 e. The number of rotatable bonds is 5. The number of hydrogen-bond acceptors (Lipinski definition) is 5. The van der Waals surface area contributed by atoms with Crippen LogP contribution in [0.15, 0.2) is 55.1 Å². The van der Waals surface area contributed by atoms with Gasteiger partial charge in [-0.15, -0.1) is 0 Å². The van der Waals surface area contributed by atoms with Gasteiger partial charge >= 0.3 is 0 Å². The summed E-state index contributed by atoms with van der Waals surface area (Å²) < 4.78 is 0. The van der Waals surface area contributed by atoms with Crippen LogP contribution in [0.3, 0.4) is 0 Å². The highest BCUT2D eigenvalue weighted by Gasteiger charge is 2.22. The van der Waals surface area contributed by atoms with E-state index in [-0.39, 0.29) is 0 Å². The fourth-order valence-corrected chi connectivity index (χ4v) is 4.22. The number of anilines is 1. The SMILES string of the molecule is N#Cc1cccc(CN2CCC(Nc3c(-c4cn[nH]c4)cnc4[nH]ccc34)CC2)c1. The number of aromatic nitrogens is 4. The van der Waals surface area contributed by atoms with Crippen LogP contribution in [-0.2, 0) is 6.54 Å². The van der Waals surface area contributed by atoms with Crippen molar-refractivity contribution >= 4 is 16.7 Å². The molecule has 4 aromatic rings. The molecule has 1 aliphatic heterocycles. The van der Waals surface area contributed by atoms with E-state index in [0.717, 1.165) is 65.9 Å². The van der Waals surface area contributed by atoms with Crippen LogP contribution < -0.4 is 5.32 Å². The van der Waals surface area contributed by atoms with Crippen molar-refractivity contribution in [2.24, 2.45) is 0 Å². The smallest absolute Gasteiger partial charge is 0.139 e. The molecule has 3 N–H and O–H groups in total. The van der Waals surface area contributed by atoms with Gasteiger partial charge in [0.2, 0.25) is 0 Å². The van der Waals surface area contributed by atoms with Crippen molar-refractivity contribution in [2.45, 2.75) is 25.4 Å². The number of H-pyrrole nitrogens is 2. The summed E-state index contributed by atoms with van der Waals surface area (Å²) in [5.41, 5.74) is 6.02. The first kappa shape index (κ1) is 18.4. The van der Waals surface area contributed by atoms with Crippen molar-refractivity contribution < 1.29 is 0 Å². The Morgan fingerprint density at radius 1 is 1.20 bits per heavy atom. The molecule has 7 nitrogen and oxygen atoms in total. The third-order valence-electron chi connectivity index (χ3n) is 5.79. The molecule has 0 aliphatic carbocycles. The number of aromatic amines is 2. The first-order valence-electron chi connectivity index (χ1n) is 10.2. The summed E-state index contributed by atoms with van der Waals surface area (Å²) in [6.45, 7) is 2.94. The number of benzene rings is 1. The molecule has 0 amide bonds. The average molecular weight is 397 g/mol. The van der Waals surface area contributed by atoms with Gasteiger partial charge in [-0.25, -0.2) is 4.98 Å². The van der Waals surface area contributed by atoms with E-state index in [2.05, 4.69) is 48.6 Å². The van der Waals surface area contributed by atoms with Gasteiger partial charge in [0, 0.05) is 60.8 Å². The molecular weight excluding hydrogens is 374 g/mol. The molecule has 1 fully saturated rings. The molecule has 1 aliphatic rings. The highest BCUT2D eigenvalue weighted by atomic mass is 15.1. The third kappa shape index (κ3) is 3.65. The second-order valence-corrected chi connectivity index (χ2v) is 7.78. The fourth-order valence-electron chi connectivity index (χ4n) is 4.22. The lowest BCUT2D eigenvalue weighted by Crippen LogP contribution is -2.38. The van der Waals surface area contributed by atoms with Gasteiger partial charge in [-0.3, -0.25) is 10.00 Å². The van der Waals surface area contributed by atoms with Crippen LogP contribution in [0, 0.1) is 11.3 Å². The Kier molecular flexibility index (Phi) is 4.91. The lowest BCUT2D eigenvalue weighted by atomic mass is 10.0. The van der Waals surface area contributed by atoms with Gasteiger partial charge in [0.1, 0.15) is 5.65 Å². The topological polar surface area (TPSA) is 96.4 Å². The van der Waals surface area contributed by atoms with Gasteiger partial charge in [0.25, 0.3) is 0 Å². The van der Waals surface area contributed by atoms with Gasteiger partial charge in [-0.05, 0) is 36.6 Å². The minimum absolute atomic E-state index is 0.401. The first-order chi connectivity index (χ1) is 14.8. The average Bonchev–Trinajstić information content (AvgIpc) is 3.48. The Morgan fingerprint density at radius 2 is 2.10 bits per heavy atom. The van der Waals surface area contributed by atoms with E-state index >= 15 is 0 Å². The molecule has 1 saturated heterocycles. The molecule has 0 radical (unpaired) electrons. The number of fused-ring (bicyclic) bond motifs is 1. The Labute approximate surface area is 174 Å². The molecule has 150 valence electrons. The summed E-state index contributed by atoms with van der Waals surface area (Å²) in [6.07, 6.45) is 9.70. The molecule has 5 rings (SSSR count). The zero-order valence-electron chi connectivity index (χ0n) is 16.6. The Morgan fingerprint density at radius 3 is 2.90 bits per heavy atom. The van der Waals surface area contributed by atoms with Gasteiger partial charge in [0.05, 0.1) is 23.5 Å². The monoisotopic (exact) mass is 397 g/mol. The maximum atomic E-state index is 9.11. The quantitative estimate of drug-likeness (QED) is 0.475. The summed E-state index contributed by atoms with van der Waals surface area (Å²) >= 11 is 0. The van der Waals surface area contributed by atoms with E-state index < -0.39 is 0 Å². The number of nitrogens with zero attached hydrogens (tertiary/aromatic N) is 4. The molecule has 0 saturated carbocycles. The molecule has 4 heterocycles. The van der Waals surface area contributed by atoms with Crippen LogP contribution in [0.4, 0.5) is 5.69 Å². The molecule has 0 spiro atoms. The minimum Gasteiger partial charge on any atom is -0.381 e. The maximum Gasteiger partial charge on any atom is 0.139 e. The van der Waals surface area contributed by atoms with E-state index in [1.807, 2.05) is 43.0 Å². The molecule has 3 aromatic heterocycles. The van der Waals surface area contributed by atoms with Crippen LogP contribution in [0.1, 0.15) is 24.0 Å². The van der Waals surface area contributed by atoms with Crippen molar-refractivity contribution in [2.75, 3.05) is 18.4 Å². The van der Waals surface area contributed by atoms with E-state index in [1.165, 1.54) is 5.56 Å². The van der Waals surface area contributed by atoms with Crippen molar-refractivity contribution in [3.8, 4) is 17.2 Å². The third-order valence-corrected chi connectivity index (χ3v) is 5.79. The van der Waals surface area contributed by atoms with E-state index in [9.17, 15) is 0 Å². The Hall–Kier alpha value is -3.63. The van der Waals surface area contributed by atoms with Crippen LogP contribution in [0.5, 0.6) is 0 Å². The van der Waals surface area contributed by atoms with Crippen molar-refractivity contribution in [1.29, 1.82) is 5.26 Å². The maximum absolute atomic E-state index is 9.11. The molecule has 0 bridgehead atoms. The molecule has 7 heteroatoms. The summed E-state index contributed by atoms with van der Waals surface area (Å²) in [4.78, 5) is 10.2. The predicted molar refractivity (Wildman–Crippen MR) is 117 cm³/mol. The number of likely N-dealkylation sites (tertiary alicyclic amines) is 1. The van der Waals surface area contributed by atoms with Gasteiger partial charge < -0.3 is 10.3 Å². The number of pyridine rings is 1. The van der Waals surface area contributed by atoms with E-state index in [4.69, 9.17) is 5.26 Å². The lowest BCUT2D eigenvalue weighted by molar-refractivity contribution is 0.211. The molecular formula is C23H23N7. The zero-order valence-corrected chi connectivity index (χ0v) is 16.6. The summed E-state index contributed by atoms with van der Waals surface area (Å²) in [7, 11) is 0. The predicted octanol–water partition coefficient (Wildman–Crippen LogP) is 3.90. The number of nitrogens with one attached hydrogen (secondary N) is 3. The number of nitriles is 1. The summed E-state index contributed by atoms with van der Waals surface area (Å²) in [6, 6.07) is 12.6. The second-order valence-electron chi connectivity index (χ2n) is 7.78. The number of piperidine rings is 1. The first-order valence-corrected chi connectivity index (χ1v) is 10.2. The van der Waals surface area contributed by atoms with Gasteiger partial charge in [-0.1, -0.05) is 12.1 Å².